The fraction of sp³-hybridized carbons (Fsp3) is 0.333. The van der Waals surface area contributed by atoms with E-state index < -0.39 is 0 Å². The minimum Gasteiger partial charge on any atom is -0.310 e. The summed E-state index contributed by atoms with van der Waals surface area (Å²) >= 11 is 1.19. The Morgan fingerprint density at radius 3 is 3.06 bits per heavy atom. The molecule has 1 fully saturated rings. The second kappa shape index (κ2) is 5.19. The lowest BCUT2D eigenvalue weighted by Gasteiger charge is -2.15. The number of hydrogen-bond donors (Lipinski definition) is 0. The molecule has 1 aromatic heterocycles. The van der Waals surface area contributed by atoms with E-state index in [0.717, 1.165) is 0 Å². The molecule has 1 aliphatic rings. The van der Waals surface area contributed by atoms with Crippen LogP contribution in [0, 0.1) is 11.3 Å². The normalized spacial score (nSPS) is 18.8. The average Bonchev–Trinajstić information content (AvgIpc) is 2.69. The molecule has 1 unspecified atom stereocenters. The van der Waals surface area contributed by atoms with E-state index in [1.807, 2.05) is 6.07 Å². The largest absolute Gasteiger partial charge is 0.310 e. The highest BCUT2D eigenvalue weighted by molar-refractivity contribution is 8.14. The van der Waals surface area contributed by atoms with Crippen molar-refractivity contribution < 1.29 is 9.59 Å². The first kappa shape index (κ1) is 12.6. The quantitative estimate of drug-likeness (QED) is 0.803. The fourth-order valence-electron chi connectivity index (χ4n) is 1.87. The number of thioether (sulfide) groups is 1. The molecular formula is C12H11N3O2S. The van der Waals surface area contributed by atoms with Gasteiger partial charge in [0.25, 0.3) is 0 Å². The molecule has 92 valence electrons. The van der Waals surface area contributed by atoms with Crippen molar-refractivity contribution in [3.63, 3.8) is 0 Å². The molecule has 0 N–H and O–H groups in total. The smallest absolute Gasteiger partial charge is 0.228 e. The van der Waals surface area contributed by atoms with Crippen molar-refractivity contribution in [2.24, 2.45) is 0 Å². The molecule has 1 aliphatic heterocycles. The Morgan fingerprint density at radius 2 is 2.39 bits per heavy atom. The standard InChI is InChI=1S/C12H11N3O2S/c1-8(16)18-11-3-12(17)15(7-11)10-2-9(4-13)5-14-6-10/h2,5-6,11H,3,7H2,1H3. The van der Waals surface area contributed by atoms with Gasteiger partial charge < -0.3 is 4.90 Å². The van der Waals surface area contributed by atoms with Gasteiger partial charge in [-0.25, -0.2) is 0 Å². The van der Waals surface area contributed by atoms with Gasteiger partial charge in [0, 0.05) is 31.3 Å². The van der Waals surface area contributed by atoms with Gasteiger partial charge in [0.15, 0.2) is 5.12 Å². The van der Waals surface area contributed by atoms with E-state index in [-0.39, 0.29) is 16.3 Å². The number of nitrogens with zero attached hydrogens (tertiary/aromatic N) is 3. The van der Waals surface area contributed by atoms with Crippen molar-refractivity contribution >= 4 is 28.5 Å². The maximum Gasteiger partial charge on any atom is 0.228 e. The maximum atomic E-state index is 11.9. The predicted octanol–water partition coefficient (Wildman–Crippen LogP) is 1.34. The van der Waals surface area contributed by atoms with Gasteiger partial charge in [-0.05, 0) is 6.07 Å². The summed E-state index contributed by atoms with van der Waals surface area (Å²) in [6.07, 6.45) is 3.35. The van der Waals surface area contributed by atoms with Crippen molar-refractivity contribution in [2.45, 2.75) is 18.6 Å². The van der Waals surface area contributed by atoms with Crippen LogP contribution in [0.2, 0.25) is 0 Å². The zero-order valence-electron chi connectivity index (χ0n) is 9.79. The van der Waals surface area contributed by atoms with Crippen LogP contribution in [0.4, 0.5) is 5.69 Å². The monoisotopic (exact) mass is 261 g/mol. The molecule has 2 heterocycles. The average molecular weight is 261 g/mol. The third kappa shape index (κ3) is 2.68. The topological polar surface area (TPSA) is 74.1 Å². The van der Waals surface area contributed by atoms with Gasteiger partial charge in [-0.1, -0.05) is 11.8 Å². The SMILES string of the molecule is CC(=O)SC1CC(=O)N(c2cncc(C#N)c2)C1. The Hall–Kier alpha value is -1.87. The first-order chi connectivity index (χ1) is 8.60. The number of pyridine rings is 1. The lowest BCUT2D eigenvalue weighted by molar-refractivity contribution is -0.117. The minimum atomic E-state index is -0.0364. The molecule has 0 aliphatic carbocycles. The molecule has 6 heteroatoms. The van der Waals surface area contributed by atoms with Gasteiger partial charge >= 0.3 is 0 Å². The van der Waals surface area contributed by atoms with E-state index in [4.69, 9.17) is 5.26 Å². The maximum absolute atomic E-state index is 11.9. The fourth-order valence-corrected chi connectivity index (χ4v) is 2.79. The van der Waals surface area contributed by atoms with Crippen molar-refractivity contribution in [1.29, 1.82) is 5.26 Å². The van der Waals surface area contributed by atoms with Crippen LogP contribution in [-0.2, 0) is 9.59 Å². The number of carbonyl (C=O) groups is 2. The summed E-state index contributed by atoms with van der Waals surface area (Å²) in [6, 6.07) is 3.62. The number of aromatic nitrogens is 1. The number of anilines is 1. The van der Waals surface area contributed by atoms with Crippen LogP contribution in [0.15, 0.2) is 18.5 Å². The Morgan fingerprint density at radius 1 is 1.61 bits per heavy atom. The summed E-state index contributed by atoms with van der Waals surface area (Å²) in [4.78, 5) is 28.4. The van der Waals surface area contributed by atoms with Crippen molar-refractivity contribution in [3.8, 4) is 6.07 Å². The molecule has 5 nitrogen and oxygen atoms in total. The number of amides is 1. The van der Waals surface area contributed by atoms with Crippen LogP contribution in [0.1, 0.15) is 18.9 Å². The first-order valence-corrected chi connectivity index (χ1v) is 6.31. The van der Waals surface area contributed by atoms with Gasteiger partial charge in [0.2, 0.25) is 5.91 Å². The molecular weight excluding hydrogens is 250 g/mol. The van der Waals surface area contributed by atoms with E-state index in [0.29, 0.717) is 24.2 Å². The number of rotatable bonds is 2. The van der Waals surface area contributed by atoms with Crippen LogP contribution in [0.25, 0.3) is 0 Å². The summed E-state index contributed by atoms with van der Waals surface area (Å²) in [6.45, 7) is 1.98. The summed E-state index contributed by atoms with van der Waals surface area (Å²) < 4.78 is 0. The molecule has 2 rings (SSSR count). The van der Waals surface area contributed by atoms with E-state index in [2.05, 4.69) is 4.98 Å². The summed E-state index contributed by atoms with van der Waals surface area (Å²) in [5, 5.41) is 8.80. The van der Waals surface area contributed by atoms with Gasteiger partial charge in [0.05, 0.1) is 17.4 Å². The van der Waals surface area contributed by atoms with Crippen molar-refractivity contribution in [3.05, 3.63) is 24.0 Å². The van der Waals surface area contributed by atoms with Crippen LogP contribution in [0.5, 0.6) is 0 Å². The van der Waals surface area contributed by atoms with E-state index in [9.17, 15) is 9.59 Å². The highest BCUT2D eigenvalue weighted by Crippen LogP contribution is 2.28. The van der Waals surface area contributed by atoms with E-state index in [1.54, 1.807) is 17.2 Å². The molecule has 18 heavy (non-hydrogen) atoms. The van der Waals surface area contributed by atoms with Gasteiger partial charge in [-0.2, -0.15) is 5.26 Å². The number of carbonyl (C=O) groups excluding carboxylic acids is 2. The zero-order valence-corrected chi connectivity index (χ0v) is 10.6. The number of nitriles is 1. The molecule has 1 amide bonds. The molecule has 0 aromatic carbocycles. The predicted molar refractivity (Wildman–Crippen MR) is 68.0 cm³/mol. The molecule has 1 saturated heterocycles. The highest BCUT2D eigenvalue weighted by atomic mass is 32.2. The van der Waals surface area contributed by atoms with Gasteiger partial charge in [-0.3, -0.25) is 14.6 Å². The Kier molecular flexibility index (Phi) is 3.63. The van der Waals surface area contributed by atoms with Gasteiger partial charge in [-0.15, -0.1) is 0 Å². The minimum absolute atomic E-state index is 0.0125. The van der Waals surface area contributed by atoms with Crippen LogP contribution >= 0.6 is 11.8 Å². The van der Waals surface area contributed by atoms with E-state index in [1.165, 1.54) is 24.9 Å². The number of hydrogen-bond acceptors (Lipinski definition) is 5. The molecule has 0 spiro atoms. The Balaban J connectivity index is 2.16. The second-order valence-electron chi connectivity index (χ2n) is 3.98. The van der Waals surface area contributed by atoms with Crippen LogP contribution in [-0.4, -0.2) is 27.8 Å². The van der Waals surface area contributed by atoms with Crippen LogP contribution in [0.3, 0.4) is 0 Å². The van der Waals surface area contributed by atoms with Crippen LogP contribution < -0.4 is 4.90 Å². The first-order valence-electron chi connectivity index (χ1n) is 5.43. The van der Waals surface area contributed by atoms with Crippen molar-refractivity contribution in [1.82, 2.24) is 4.98 Å². The third-order valence-corrected chi connectivity index (χ3v) is 3.57. The lowest BCUT2D eigenvalue weighted by Crippen LogP contribution is -2.25. The van der Waals surface area contributed by atoms with Crippen molar-refractivity contribution in [2.75, 3.05) is 11.4 Å². The summed E-state index contributed by atoms with van der Waals surface area (Å²) in [7, 11) is 0. The summed E-state index contributed by atoms with van der Waals surface area (Å²) in [5.41, 5.74) is 1.04. The lowest BCUT2D eigenvalue weighted by atomic mass is 10.3. The zero-order chi connectivity index (χ0) is 13.1. The Labute approximate surface area is 109 Å². The molecule has 0 bridgehead atoms. The molecule has 1 atom stereocenters. The summed E-state index contributed by atoms with van der Waals surface area (Å²) in [5.74, 6) is -0.0364. The molecule has 0 radical (unpaired) electrons. The highest BCUT2D eigenvalue weighted by Gasteiger charge is 2.32. The second-order valence-corrected chi connectivity index (χ2v) is 5.46. The molecule has 1 aromatic rings. The molecule has 0 saturated carbocycles. The van der Waals surface area contributed by atoms with E-state index >= 15 is 0 Å². The van der Waals surface area contributed by atoms with Gasteiger partial charge in [0.1, 0.15) is 6.07 Å². The third-order valence-electron chi connectivity index (χ3n) is 2.59. The Bertz CT molecular complexity index is 538.